The number of hydrogen-bond acceptors (Lipinski definition) is 4. The number of allylic oxidation sites excluding steroid dienone is 1. The predicted molar refractivity (Wildman–Crippen MR) is 122 cm³/mol. The van der Waals surface area contributed by atoms with Crippen molar-refractivity contribution in [3.63, 3.8) is 0 Å². The summed E-state index contributed by atoms with van der Waals surface area (Å²) in [6.07, 6.45) is 1.33. The fourth-order valence-electron chi connectivity index (χ4n) is 3.78. The minimum absolute atomic E-state index is 0.0123. The van der Waals surface area contributed by atoms with Crippen LogP contribution >= 0.6 is 34.8 Å². The summed E-state index contributed by atoms with van der Waals surface area (Å²) in [5, 5.41) is 1.33. The normalized spacial score (nSPS) is 16.5. The van der Waals surface area contributed by atoms with Gasteiger partial charge in [-0.05, 0) is 48.0 Å². The molecule has 0 spiro atoms. The van der Waals surface area contributed by atoms with Crippen molar-refractivity contribution < 1.29 is 18.7 Å². The van der Waals surface area contributed by atoms with Crippen LogP contribution in [0.25, 0.3) is 6.08 Å². The first kappa shape index (κ1) is 21.3. The lowest BCUT2D eigenvalue weighted by Gasteiger charge is -2.30. The molecule has 32 heavy (non-hydrogen) atoms. The number of ketones is 1. The van der Waals surface area contributed by atoms with Gasteiger partial charge in [-0.25, -0.2) is 4.39 Å². The first-order valence-corrected chi connectivity index (χ1v) is 10.9. The van der Waals surface area contributed by atoms with Crippen LogP contribution in [0.15, 0.2) is 54.3 Å². The van der Waals surface area contributed by atoms with Gasteiger partial charge in [0.15, 0.2) is 5.76 Å². The van der Waals surface area contributed by atoms with Crippen LogP contribution in [0.5, 0.6) is 11.5 Å². The molecule has 3 aromatic rings. The molecule has 0 aliphatic carbocycles. The fourth-order valence-corrected chi connectivity index (χ4v) is 4.46. The van der Waals surface area contributed by atoms with E-state index in [0.717, 1.165) is 11.1 Å². The quantitative estimate of drug-likeness (QED) is 0.381. The van der Waals surface area contributed by atoms with E-state index in [1.54, 1.807) is 30.3 Å². The van der Waals surface area contributed by atoms with Gasteiger partial charge in [0.2, 0.25) is 5.78 Å². The lowest BCUT2D eigenvalue weighted by Crippen LogP contribution is -2.31. The van der Waals surface area contributed by atoms with E-state index in [9.17, 15) is 9.18 Å². The molecule has 0 bridgehead atoms. The van der Waals surface area contributed by atoms with Crippen LogP contribution in [0.1, 0.15) is 27.0 Å². The molecule has 0 unspecified atom stereocenters. The number of rotatable bonds is 3. The molecule has 0 saturated heterocycles. The molecule has 0 amide bonds. The third kappa shape index (κ3) is 3.86. The summed E-state index contributed by atoms with van der Waals surface area (Å²) in [7, 11) is 0. The Labute approximate surface area is 198 Å². The minimum atomic E-state index is -0.534. The van der Waals surface area contributed by atoms with E-state index in [0.29, 0.717) is 46.9 Å². The lowest BCUT2D eigenvalue weighted by molar-refractivity contribution is 0.0873. The zero-order chi connectivity index (χ0) is 22.4. The predicted octanol–water partition coefficient (Wildman–Crippen LogP) is 6.75. The van der Waals surface area contributed by atoms with Gasteiger partial charge in [0.25, 0.3) is 0 Å². The van der Waals surface area contributed by atoms with Crippen LogP contribution in [0.3, 0.4) is 0 Å². The van der Waals surface area contributed by atoms with Crippen LogP contribution in [0, 0.1) is 5.82 Å². The van der Waals surface area contributed by atoms with Gasteiger partial charge in [-0.3, -0.25) is 9.69 Å². The molecule has 0 atom stereocenters. The van der Waals surface area contributed by atoms with E-state index in [1.165, 1.54) is 18.2 Å². The maximum absolute atomic E-state index is 14.2. The average Bonchev–Trinajstić information content (AvgIpc) is 3.09. The van der Waals surface area contributed by atoms with Crippen molar-refractivity contribution in [3.05, 3.63) is 97.4 Å². The molecule has 8 heteroatoms. The first-order chi connectivity index (χ1) is 15.4. The van der Waals surface area contributed by atoms with E-state index in [-0.39, 0.29) is 22.1 Å². The Morgan fingerprint density at radius 1 is 1.06 bits per heavy atom. The van der Waals surface area contributed by atoms with Crippen LogP contribution in [0.2, 0.25) is 15.1 Å². The van der Waals surface area contributed by atoms with Crippen molar-refractivity contribution in [1.82, 2.24) is 4.90 Å². The summed E-state index contributed by atoms with van der Waals surface area (Å²) in [4.78, 5) is 14.9. The maximum atomic E-state index is 14.2. The van der Waals surface area contributed by atoms with Crippen molar-refractivity contribution in [2.45, 2.75) is 13.1 Å². The Morgan fingerprint density at radius 3 is 2.69 bits per heavy atom. The summed E-state index contributed by atoms with van der Waals surface area (Å²) >= 11 is 18.4. The molecular weight excluding hydrogens is 476 g/mol. The van der Waals surface area contributed by atoms with E-state index in [1.807, 2.05) is 11.0 Å². The van der Waals surface area contributed by atoms with Gasteiger partial charge < -0.3 is 9.47 Å². The van der Waals surface area contributed by atoms with Crippen LogP contribution < -0.4 is 9.47 Å². The van der Waals surface area contributed by atoms with Gasteiger partial charge >= 0.3 is 0 Å². The van der Waals surface area contributed by atoms with E-state index in [2.05, 4.69) is 0 Å². The number of hydrogen-bond donors (Lipinski definition) is 0. The topological polar surface area (TPSA) is 38.8 Å². The van der Waals surface area contributed by atoms with Crippen molar-refractivity contribution in [2.75, 3.05) is 6.73 Å². The molecule has 0 radical (unpaired) electrons. The molecule has 4 nitrogen and oxygen atoms in total. The third-order valence-corrected chi connectivity index (χ3v) is 6.28. The van der Waals surface area contributed by atoms with Gasteiger partial charge in [-0.2, -0.15) is 0 Å². The number of Topliss-reactive ketones (excluding diaryl/α,β-unsaturated/α-hetero) is 1. The Kier molecular flexibility index (Phi) is 5.59. The second-order valence-electron chi connectivity index (χ2n) is 7.49. The number of fused-ring (bicyclic) bond motifs is 3. The molecular formula is C24H15Cl3FNO3. The maximum Gasteiger partial charge on any atom is 0.231 e. The van der Waals surface area contributed by atoms with Crippen LogP contribution in [-0.2, 0) is 13.1 Å². The SMILES string of the molecule is O=C1/C(=C/c2c(F)cccc2Cl)Oc2c1ccc1c2CN(Cc2ccc(Cl)cc2Cl)CO1. The Morgan fingerprint density at radius 2 is 1.91 bits per heavy atom. The number of carbonyl (C=O) groups excluding carboxylic acids is 1. The minimum Gasteiger partial charge on any atom is -0.478 e. The highest BCUT2D eigenvalue weighted by atomic mass is 35.5. The van der Waals surface area contributed by atoms with Crippen LogP contribution in [0.4, 0.5) is 4.39 Å². The zero-order valence-electron chi connectivity index (χ0n) is 16.5. The highest BCUT2D eigenvalue weighted by Crippen LogP contribution is 2.42. The van der Waals surface area contributed by atoms with Gasteiger partial charge in [0.05, 0.1) is 16.1 Å². The van der Waals surface area contributed by atoms with Crippen molar-refractivity contribution in [1.29, 1.82) is 0 Å². The second-order valence-corrected chi connectivity index (χ2v) is 8.74. The highest BCUT2D eigenvalue weighted by molar-refractivity contribution is 6.35. The molecule has 5 rings (SSSR count). The van der Waals surface area contributed by atoms with Crippen molar-refractivity contribution >= 4 is 46.7 Å². The summed E-state index contributed by atoms with van der Waals surface area (Å²) in [5.41, 5.74) is 2.16. The van der Waals surface area contributed by atoms with E-state index in [4.69, 9.17) is 44.3 Å². The summed E-state index contributed by atoms with van der Waals surface area (Å²) in [5.74, 6) is 0.199. The van der Waals surface area contributed by atoms with Gasteiger partial charge in [-0.1, -0.05) is 46.9 Å². The average molecular weight is 491 g/mol. The molecule has 0 saturated carbocycles. The molecule has 0 fully saturated rings. The monoisotopic (exact) mass is 489 g/mol. The number of nitrogens with zero attached hydrogens (tertiary/aromatic N) is 1. The molecule has 3 aromatic carbocycles. The first-order valence-electron chi connectivity index (χ1n) is 9.74. The standard InChI is InChI=1S/C24H15Cl3FNO3/c25-14-5-4-13(19(27)8-14)10-29-11-17-21(31-12-29)7-6-15-23(30)22(32-24(15)17)9-16-18(26)2-1-3-20(16)28/h1-9H,10-12H2/b22-9-. The summed E-state index contributed by atoms with van der Waals surface area (Å²) in [6, 6.07) is 13.1. The zero-order valence-corrected chi connectivity index (χ0v) is 18.8. The smallest absolute Gasteiger partial charge is 0.231 e. The fraction of sp³-hybridized carbons (Fsp3) is 0.125. The Bertz CT molecular complexity index is 1270. The molecule has 0 aromatic heterocycles. The van der Waals surface area contributed by atoms with E-state index < -0.39 is 5.82 Å². The summed E-state index contributed by atoms with van der Waals surface area (Å²) in [6.45, 7) is 1.37. The number of halogens is 4. The number of ether oxygens (including phenoxy) is 2. The van der Waals surface area contributed by atoms with Crippen molar-refractivity contribution in [2.24, 2.45) is 0 Å². The molecule has 2 aliphatic rings. The molecule has 162 valence electrons. The molecule has 2 aliphatic heterocycles. The number of benzene rings is 3. The van der Waals surface area contributed by atoms with E-state index >= 15 is 0 Å². The van der Waals surface area contributed by atoms with Crippen LogP contribution in [-0.4, -0.2) is 17.4 Å². The largest absolute Gasteiger partial charge is 0.478 e. The van der Waals surface area contributed by atoms with Gasteiger partial charge in [-0.15, -0.1) is 0 Å². The Hall–Kier alpha value is -2.57. The molecule has 0 N–H and O–H groups in total. The second kappa shape index (κ2) is 8.41. The molecule has 2 heterocycles. The number of carbonyl (C=O) groups is 1. The Balaban J connectivity index is 1.45. The van der Waals surface area contributed by atoms with Gasteiger partial charge in [0.1, 0.15) is 24.0 Å². The van der Waals surface area contributed by atoms with Crippen molar-refractivity contribution in [3.8, 4) is 11.5 Å². The lowest BCUT2D eigenvalue weighted by atomic mass is 10.0. The highest BCUT2D eigenvalue weighted by Gasteiger charge is 2.34. The summed E-state index contributed by atoms with van der Waals surface area (Å²) < 4.78 is 26.0. The van der Waals surface area contributed by atoms with Gasteiger partial charge in [0, 0.05) is 28.7 Å². The third-order valence-electron chi connectivity index (χ3n) is 5.37.